The summed E-state index contributed by atoms with van der Waals surface area (Å²) in [7, 11) is -3.02. The second-order valence-electron chi connectivity index (χ2n) is 4.81. The molecule has 1 heterocycles. The summed E-state index contributed by atoms with van der Waals surface area (Å²) in [6, 6.07) is -0.182. The predicted octanol–water partition coefficient (Wildman–Crippen LogP) is -0.326. The van der Waals surface area contributed by atoms with Gasteiger partial charge in [0.1, 0.15) is 0 Å². The van der Waals surface area contributed by atoms with Gasteiger partial charge in [0.2, 0.25) is 0 Å². The molecule has 6 heteroatoms. The van der Waals surface area contributed by atoms with Gasteiger partial charge in [0.15, 0.2) is 9.84 Å². The Kier molecular flexibility index (Phi) is 4.19. The van der Waals surface area contributed by atoms with E-state index in [1.54, 1.807) is 6.08 Å². The Morgan fingerprint density at radius 1 is 1.47 bits per heavy atom. The van der Waals surface area contributed by atoms with Crippen LogP contribution in [0.4, 0.5) is 0 Å². The summed E-state index contributed by atoms with van der Waals surface area (Å²) in [6.45, 7) is 1.40. The number of nitrogens with one attached hydrogen (secondary N) is 1. The van der Waals surface area contributed by atoms with Crippen LogP contribution in [-0.2, 0) is 14.6 Å². The van der Waals surface area contributed by atoms with Crippen molar-refractivity contribution >= 4 is 9.84 Å². The minimum Gasteiger partial charge on any atom is -0.389 e. The summed E-state index contributed by atoms with van der Waals surface area (Å²) in [6.07, 6.45) is 3.51. The maximum atomic E-state index is 11.1. The molecule has 2 unspecified atom stereocenters. The van der Waals surface area contributed by atoms with Crippen LogP contribution >= 0.6 is 0 Å². The van der Waals surface area contributed by atoms with E-state index in [4.69, 9.17) is 4.74 Å². The highest BCUT2D eigenvalue weighted by Gasteiger charge is 2.23. The molecule has 2 atom stereocenters. The van der Waals surface area contributed by atoms with Crippen LogP contribution in [0.5, 0.6) is 0 Å². The number of sulfone groups is 1. The highest BCUT2D eigenvalue weighted by atomic mass is 32.2. The molecule has 2 aliphatic rings. The van der Waals surface area contributed by atoms with Crippen LogP contribution in [-0.4, -0.2) is 51.2 Å². The van der Waals surface area contributed by atoms with Crippen LogP contribution in [0.15, 0.2) is 11.5 Å². The normalized spacial score (nSPS) is 28.4. The lowest BCUT2D eigenvalue weighted by molar-refractivity contribution is 0.0321. The standard InChI is InChI=1S/C11H19NO4S/c13-11(7-16-6-9-1-2-9)5-12-10-3-4-17(14,15)8-10/h3-4,9-13H,1-2,5-8H2. The predicted molar refractivity (Wildman–Crippen MR) is 64.3 cm³/mol. The van der Waals surface area contributed by atoms with E-state index < -0.39 is 15.9 Å². The van der Waals surface area contributed by atoms with E-state index in [9.17, 15) is 13.5 Å². The Labute approximate surface area is 102 Å². The van der Waals surface area contributed by atoms with Crippen molar-refractivity contribution in [1.29, 1.82) is 0 Å². The fourth-order valence-corrected chi connectivity index (χ4v) is 2.97. The Balaban J connectivity index is 1.56. The van der Waals surface area contributed by atoms with Crippen LogP contribution < -0.4 is 5.32 Å². The van der Waals surface area contributed by atoms with E-state index in [-0.39, 0.29) is 11.8 Å². The van der Waals surface area contributed by atoms with Gasteiger partial charge in [-0.1, -0.05) is 6.08 Å². The average molecular weight is 261 g/mol. The van der Waals surface area contributed by atoms with E-state index in [0.717, 1.165) is 6.61 Å². The molecule has 0 amide bonds. The van der Waals surface area contributed by atoms with Gasteiger partial charge >= 0.3 is 0 Å². The van der Waals surface area contributed by atoms with Crippen molar-refractivity contribution in [3.8, 4) is 0 Å². The van der Waals surface area contributed by atoms with Crippen molar-refractivity contribution in [3.63, 3.8) is 0 Å². The summed E-state index contributed by atoms with van der Waals surface area (Å²) < 4.78 is 27.6. The van der Waals surface area contributed by atoms with Crippen LogP contribution in [0.2, 0.25) is 0 Å². The van der Waals surface area contributed by atoms with Crippen molar-refractivity contribution in [2.75, 3.05) is 25.5 Å². The first kappa shape index (κ1) is 13.0. The third-order valence-corrected chi connectivity index (χ3v) is 4.30. The van der Waals surface area contributed by atoms with Crippen LogP contribution in [0.3, 0.4) is 0 Å². The van der Waals surface area contributed by atoms with Crippen molar-refractivity contribution < 1.29 is 18.3 Å². The molecule has 0 aromatic heterocycles. The number of aliphatic hydroxyl groups is 1. The van der Waals surface area contributed by atoms with E-state index in [1.165, 1.54) is 18.2 Å². The second kappa shape index (κ2) is 5.48. The molecule has 0 aromatic carbocycles. The Bertz CT molecular complexity index is 375. The molecule has 17 heavy (non-hydrogen) atoms. The maximum absolute atomic E-state index is 11.1. The van der Waals surface area contributed by atoms with Crippen LogP contribution in [0, 0.1) is 5.92 Å². The smallest absolute Gasteiger partial charge is 0.173 e. The molecule has 5 nitrogen and oxygen atoms in total. The Morgan fingerprint density at radius 3 is 2.82 bits per heavy atom. The lowest BCUT2D eigenvalue weighted by Gasteiger charge is -2.14. The first-order valence-electron chi connectivity index (χ1n) is 5.95. The number of hydrogen-bond donors (Lipinski definition) is 2. The molecule has 0 bridgehead atoms. The monoisotopic (exact) mass is 261 g/mol. The largest absolute Gasteiger partial charge is 0.389 e. The van der Waals surface area contributed by atoms with Gasteiger partial charge in [0.25, 0.3) is 0 Å². The van der Waals surface area contributed by atoms with Crippen molar-refractivity contribution in [2.24, 2.45) is 5.92 Å². The van der Waals surface area contributed by atoms with E-state index in [1.807, 2.05) is 0 Å². The van der Waals surface area contributed by atoms with Gasteiger partial charge in [-0.3, -0.25) is 0 Å². The zero-order chi connectivity index (χ0) is 12.3. The highest BCUT2D eigenvalue weighted by Crippen LogP contribution is 2.28. The van der Waals surface area contributed by atoms with Crippen molar-refractivity contribution in [1.82, 2.24) is 5.32 Å². The SMILES string of the molecule is O=S1(=O)C=CC(NCC(O)COCC2CC2)C1. The lowest BCUT2D eigenvalue weighted by atomic mass is 10.3. The number of rotatable bonds is 7. The molecule has 1 aliphatic carbocycles. The van der Waals surface area contributed by atoms with Gasteiger partial charge in [0, 0.05) is 24.6 Å². The Hall–Kier alpha value is -0.430. The zero-order valence-electron chi connectivity index (χ0n) is 9.71. The molecule has 0 saturated heterocycles. The molecular weight excluding hydrogens is 242 g/mol. The fraction of sp³-hybridized carbons (Fsp3) is 0.818. The summed E-state index contributed by atoms with van der Waals surface area (Å²) in [4.78, 5) is 0. The topological polar surface area (TPSA) is 75.6 Å². The molecule has 2 rings (SSSR count). The molecule has 1 saturated carbocycles. The summed E-state index contributed by atoms with van der Waals surface area (Å²) in [5.41, 5.74) is 0. The third kappa shape index (κ3) is 4.75. The molecule has 0 spiro atoms. The van der Waals surface area contributed by atoms with Gasteiger partial charge in [-0.2, -0.15) is 0 Å². The van der Waals surface area contributed by atoms with Crippen molar-refractivity contribution in [2.45, 2.75) is 25.0 Å². The number of hydrogen-bond acceptors (Lipinski definition) is 5. The molecule has 0 radical (unpaired) electrons. The molecule has 0 aromatic rings. The zero-order valence-corrected chi connectivity index (χ0v) is 10.5. The third-order valence-electron chi connectivity index (χ3n) is 2.91. The Morgan fingerprint density at radius 2 is 2.24 bits per heavy atom. The first-order valence-corrected chi connectivity index (χ1v) is 7.67. The molecule has 1 aliphatic heterocycles. The van der Waals surface area contributed by atoms with Gasteiger partial charge < -0.3 is 15.2 Å². The van der Waals surface area contributed by atoms with E-state index in [2.05, 4.69) is 5.32 Å². The van der Waals surface area contributed by atoms with Gasteiger partial charge in [-0.05, 0) is 18.8 Å². The quantitative estimate of drug-likeness (QED) is 0.656. The average Bonchev–Trinajstić information content (AvgIpc) is 3.00. The maximum Gasteiger partial charge on any atom is 0.173 e. The molecule has 1 fully saturated rings. The summed E-state index contributed by atoms with van der Waals surface area (Å²) >= 11 is 0. The van der Waals surface area contributed by atoms with Gasteiger partial charge in [-0.15, -0.1) is 0 Å². The lowest BCUT2D eigenvalue weighted by Crippen LogP contribution is -2.38. The van der Waals surface area contributed by atoms with Crippen molar-refractivity contribution in [3.05, 3.63) is 11.5 Å². The van der Waals surface area contributed by atoms with E-state index >= 15 is 0 Å². The molecular formula is C11H19NO4S. The van der Waals surface area contributed by atoms with Gasteiger partial charge in [0.05, 0.1) is 18.5 Å². The highest BCUT2D eigenvalue weighted by molar-refractivity contribution is 7.94. The fourth-order valence-electron chi connectivity index (χ4n) is 1.70. The van der Waals surface area contributed by atoms with Crippen LogP contribution in [0.1, 0.15) is 12.8 Å². The minimum atomic E-state index is -3.02. The number of ether oxygens (including phenoxy) is 1. The van der Waals surface area contributed by atoms with Crippen LogP contribution in [0.25, 0.3) is 0 Å². The number of aliphatic hydroxyl groups excluding tert-OH is 1. The second-order valence-corrected chi connectivity index (χ2v) is 6.74. The summed E-state index contributed by atoms with van der Waals surface area (Å²) in [5.74, 6) is 0.779. The summed E-state index contributed by atoms with van der Waals surface area (Å²) in [5, 5.41) is 13.8. The molecule has 2 N–H and O–H groups in total. The first-order chi connectivity index (χ1) is 8.05. The van der Waals surface area contributed by atoms with E-state index in [0.29, 0.717) is 19.1 Å². The minimum absolute atomic E-state index is 0.0860. The van der Waals surface area contributed by atoms with Gasteiger partial charge in [-0.25, -0.2) is 8.42 Å². The molecule has 98 valence electrons.